The van der Waals surface area contributed by atoms with Crippen LogP contribution >= 0.6 is 15.9 Å². The Morgan fingerprint density at radius 1 is 1.44 bits per heavy atom. The number of hydrogen-bond donors (Lipinski definition) is 2. The Bertz CT molecular complexity index is 663. The maximum Gasteiger partial charge on any atom is 0.282 e. The predicted octanol–water partition coefficient (Wildman–Crippen LogP) is 0.961. The van der Waals surface area contributed by atoms with Gasteiger partial charge in [-0.2, -0.15) is 8.42 Å². The second-order valence-corrected chi connectivity index (χ2v) is 5.94. The third-order valence-corrected chi connectivity index (χ3v) is 4.26. The number of aryl methyl sites for hydroxylation is 1. The zero-order valence-electron chi connectivity index (χ0n) is 9.33. The number of nitrogen functional groups attached to an aromatic ring is 1. The lowest BCUT2D eigenvalue weighted by Crippen LogP contribution is -2.18. The predicted molar refractivity (Wildman–Crippen MR) is 70.4 cm³/mol. The summed E-state index contributed by atoms with van der Waals surface area (Å²) in [5, 5.41) is -0.0972. The summed E-state index contributed by atoms with van der Waals surface area (Å²) in [5.74, 6) is 0.134. The molecule has 2 aromatic heterocycles. The Balaban J connectivity index is 2.43. The second kappa shape index (κ2) is 4.58. The van der Waals surface area contributed by atoms with Crippen molar-refractivity contribution < 1.29 is 8.42 Å². The first kappa shape index (κ1) is 12.8. The molecule has 0 fully saturated rings. The zero-order valence-corrected chi connectivity index (χ0v) is 11.7. The van der Waals surface area contributed by atoms with Gasteiger partial charge in [-0.3, -0.25) is 4.72 Å². The van der Waals surface area contributed by atoms with E-state index in [0.29, 0.717) is 4.47 Å². The van der Waals surface area contributed by atoms with E-state index < -0.39 is 10.0 Å². The van der Waals surface area contributed by atoms with Crippen molar-refractivity contribution in [3.05, 3.63) is 29.1 Å². The fourth-order valence-corrected chi connectivity index (χ4v) is 3.15. The van der Waals surface area contributed by atoms with Crippen LogP contribution in [0.4, 0.5) is 11.6 Å². The van der Waals surface area contributed by atoms with E-state index in [0.717, 1.165) is 0 Å². The van der Waals surface area contributed by atoms with E-state index in [9.17, 15) is 8.42 Å². The van der Waals surface area contributed by atoms with Gasteiger partial charge in [-0.1, -0.05) is 0 Å². The van der Waals surface area contributed by atoms with E-state index in [2.05, 4.69) is 30.6 Å². The molecule has 0 spiro atoms. The number of sulfonamides is 1. The van der Waals surface area contributed by atoms with Gasteiger partial charge in [-0.15, -0.1) is 0 Å². The highest BCUT2D eigenvalue weighted by Crippen LogP contribution is 2.23. The van der Waals surface area contributed by atoms with E-state index in [-0.39, 0.29) is 16.7 Å². The van der Waals surface area contributed by atoms with E-state index >= 15 is 0 Å². The van der Waals surface area contributed by atoms with Gasteiger partial charge in [0.2, 0.25) is 0 Å². The minimum atomic E-state index is -3.82. The first-order valence-electron chi connectivity index (χ1n) is 4.82. The van der Waals surface area contributed by atoms with Crippen LogP contribution in [0, 0.1) is 0 Å². The number of hydrogen-bond acceptors (Lipinski definition) is 5. The summed E-state index contributed by atoms with van der Waals surface area (Å²) in [7, 11) is -2.27. The first-order valence-corrected chi connectivity index (χ1v) is 7.09. The Morgan fingerprint density at radius 2 is 2.17 bits per heavy atom. The van der Waals surface area contributed by atoms with Crippen molar-refractivity contribution >= 4 is 37.6 Å². The van der Waals surface area contributed by atoms with Gasteiger partial charge in [0.05, 0.1) is 10.8 Å². The third kappa shape index (κ3) is 2.31. The highest BCUT2D eigenvalue weighted by atomic mass is 79.9. The molecule has 2 heterocycles. The van der Waals surface area contributed by atoms with E-state index in [1.807, 2.05) is 0 Å². The molecule has 0 unspecified atom stereocenters. The number of halogens is 1. The molecule has 0 saturated carbocycles. The Morgan fingerprint density at radius 3 is 2.72 bits per heavy atom. The summed E-state index contributed by atoms with van der Waals surface area (Å²) in [6, 6.07) is 3.36. The third-order valence-electron chi connectivity index (χ3n) is 2.15. The molecular formula is C9H10BrN5O2S. The lowest BCUT2D eigenvalue weighted by molar-refractivity contribution is 0.591. The van der Waals surface area contributed by atoms with Crippen LogP contribution in [0.3, 0.4) is 0 Å². The van der Waals surface area contributed by atoms with Gasteiger partial charge in [0, 0.05) is 13.2 Å². The summed E-state index contributed by atoms with van der Waals surface area (Å²) in [4.78, 5) is 7.66. The van der Waals surface area contributed by atoms with Crippen LogP contribution in [0.1, 0.15) is 0 Å². The molecule has 18 heavy (non-hydrogen) atoms. The van der Waals surface area contributed by atoms with Crippen molar-refractivity contribution in [2.45, 2.75) is 5.03 Å². The highest BCUT2D eigenvalue weighted by molar-refractivity contribution is 9.10. The average Bonchev–Trinajstić information content (AvgIpc) is 2.62. The summed E-state index contributed by atoms with van der Waals surface area (Å²) >= 11 is 3.21. The van der Waals surface area contributed by atoms with Crippen molar-refractivity contribution in [1.82, 2.24) is 14.5 Å². The Kier molecular flexibility index (Phi) is 3.26. The molecule has 0 saturated heterocycles. The van der Waals surface area contributed by atoms with Gasteiger partial charge >= 0.3 is 0 Å². The van der Waals surface area contributed by atoms with Crippen LogP contribution in [-0.2, 0) is 17.1 Å². The van der Waals surface area contributed by atoms with E-state index in [1.54, 1.807) is 19.2 Å². The number of nitrogens with one attached hydrogen (secondary N) is 1. The molecule has 7 nitrogen and oxygen atoms in total. The maximum absolute atomic E-state index is 12.1. The molecule has 0 aliphatic carbocycles. The second-order valence-electron chi connectivity index (χ2n) is 3.49. The van der Waals surface area contributed by atoms with Crippen LogP contribution < -0.4 is 10.5 Å². The number of aromatic nitrogens is 3. The average molecular weight is 332 g/mol. The van der Waals surface area contributed by atoms with Crippen molar-refractivity contribution in [3.63, 3.8) is 0 Å². The van der Waals surface area contributed by atoms with Crippen LogP contribution in [0.5, 0.6) is 0 Å². The quantitative estimate of drug-likeness (QED) is 0.871. The highest BCUT2D eigenvalue weighted by Gasteiger charge is 2.23. The smallest absolute Gasteiger partial charge is 0.282 e. The van der Waals surface area contributed by atoms with Crippen LogP contribution in [0.2, 0.25) is 0 Å². The van der Waals surface area contributed by atoms with Gasteiger partial charge < -0.3 is 10.3 Å². The standard InChI is InChI=1S/C9H10BrN5O2S/c1-15-5-13-7(11)9(15)18(16,17)14-8-6(10)3-2-4-12-8/h2-5H,11H2,1H3,(H,12,14). The number of rotatable bonds is 3. The summed E-state index contributed by atoms with van der Waals surface area (Å²) in [6.45, 7) is 0. The fourth-order valence-electron chi connectivity index (χ4n) is 1.40. The Hall–Kier alpha value is -1.61. The SMILES string of the molecule is Cn1cnc(N)c1S(=O)(=O)Nc1ncccc1Br. The van der Waals surface area contributed by atoms with E-state index in [1.165, 1.54) is 17.1 Å². The molecule has 0 bridgehead atoms. The number of pyridine rings is 1. The van der Waals surface area contributed by atoms with Gasteiger partial charge in [0.15, 0.2) is 16.7 Å². The minimum Gasteiger partial charge on any atom is -0.381 e. The molecule has 0 aliphatic rings. The maximum atomic E-state index is 12.1. The summed E-state index contributed by atoms with van der Waals surface area (Å²) in [5.41, 5.74) is 5.54. The first-order chi connectivity index (χ1) is 8.42. The number of nitrogens with zero attached hydrogens (tertiary/aromatic N) is 3. The largest absolute Gasteiger partial charge is 0.381 e. The van der Waals surface area contributed by atoms with Crippen molar-refractivity contribution in [2.24, 2.45) is 7.05 Å². The lowest BCUT2D eigenvalue weighted by Gasteiger charge is -2.09. The van der Waals surface area contributed by atoms with Crippen molar-refractivity contribution in [1.29, 1.82) is 0 Å². The zero-order chi connectivity index (χ0) is 13.3. The molecule has 3 N–H and O–H groups in total. The molecule has 0 aromatic carbocycles. The molecule has 96 valence electrons. The number of nitrogens with two attached hydrogens (primary N) is 1. The fraction of sp³-hybridized carbons (Fsp3) is 0.111. The van der Waals surface area contributed by atoms with Gasteiger partial charge in [0.25, 0.3) is 10.0 Å². The number of imidazole rings is 1. The summed E-state index contributed by atoms with van der Waals surface area (Å²) in [6.07, 6.45) is 2.81. The Labute approximate surface area is 112 Å². The monoisotopic (exact) mass is 331 g/mol. The lowest BCUT2D eigenvalue weighted by atomic mass is 10.5. The van der Waals surface area contributed by atoms with Crippen molar-refractivity contribution in [2.75, 3.05) is 10.5 Å². The number of anilines is 2. The molecule has 2 rings (SSSR count). The molecule has 9 heteroatoms. The van der Waals surface area contributed by atoms with Crippen molar-refractivity contribution in [3.8, 4) is 0 Å². The molecule has 2 aromatic rings. The van der Waals surface area contributed by atoms with E-state index in [4.69, 9.17) is 5.73 Å². The van der Waals surface area contributed by atoms with Gasteiger partial charge in [-0.25, -0.2) is 9.97 Å². The molecule has 0 aliphatic heterocycles. The summed E-state index contributed by atoms with van der Waals surface area (Å²) < 4.78 is 28.5. The molecular weight excluding hydrogens is 322 g/mol. The van der Waals surface area contributed by atoms with Gasteiger partial charge in [-0.05, 0) is 28.1 Å². The van der Waals surface area contributed by atoms with Crippen LogP contribution in [0.25, 0.3) is 0 Å². The molecule has 0 amide bonds. The minimum absolute atomic E-state index is 0.0583. The normalized spacial score (nSPS) is 11.4. The molecule has 0 atom stereocenters. The van der Waals surface area contributed by atoms with Crippen LogP contribution in [-0.4, -0.2) is 23.0 Å². The van der Waals surface area contributed by atoms with Gasteiger partial charge in [0.1, 0.15) is 0 Å². The van der Waals surface area contributed by atoms with Crippen LogP contribution in [0.15, 0.2) is 34.2 Å². The molecule has 0 radical (unpaired) electrons. The topological polar surface area (TPSA) is 103 Å².